The number of ketones is 1. The van der Waals surface area contributed by atoms with Crippen molar-refractivity contribution in [2.24, 2.45) is 0 Å². The van der Waals surface area contributed by atoms with Crippen LogP contribution in [0.25, 0.3) is 10.8 Å². The zero-order valence-electron chi connectivity index (χ0n) is 13.2. The first kappa shape index (κ1) is 15.7. The van der Waals surface area contributed by atoms with Crippen LogP contribution in [0.1, 0.15) is 17.3 Å². The third kappa shape index (κ3) is 3.60. The first-order valence-electron chi connectivity index (χ1n) is 7.56. The van der Waals surface area contributed by atoms with E-state index in [1.807, 2.05) is 42.5 Å². The molecule has 3 aromatic carbocycles. The van der Waals surface area contributed by atoms with Crippen LogP contribution < -0.4 is 9.47 Å². The maximum atomic E-state index is 11.9. The second kappa shape index (κ2) is 6.96. The first-order valence-corrected chi connectivity index (χ1v) is 7.56. The smallest absolute Gasteiger partial charge is 0.349 e. The van der Waals surface area contributed by atoms with Gasteiger partial charge in [-0.2, -0.15) is 0 Å². The van der Waals surface area contributed by atoms with Gasteiger partial charge in [0.1, 0.15) is 11.5 Å². The van der Waals surface area contributed by atoms with Crippen molar-refractivity contribution in [3.63, 3.8) is 0 Å². The zero-order valence-corrected chi connectivity index (χ0v) is 13.2. The summed E-state index contributed by atoms with van der Waals surface area (Å²) in [5, 5.41) is 1.99. The lowest BCUT2D eigenvalue weighted by molar-refractivity contribution is -0.136. The Morgan fingerprint density at radius 3 is 2.33 bits per heavy atom. The monoisotopic (exact) mass is 320 g/mol. The molecular formula is C20H16O4. The standard InChI is InChI=1S/C20H16O4/c1-14(21)15-9-11-17(12-10-15)24-20(22)13-23-19-8-4-6-16-5-2-3-7-18(16)19/h2-12H,13H2,1H3. The average Bonchev–Trinajstić information content (AvgIpc) is 2.60. The van der Waals surface area contributed by atoms with Crippen molar-refractivity contribution >= 4 is 22.5 Å². The SMILES string of the molecule is CC(=O)c1ccc(OC(=O)COc2cccc3ccccc23)cc1. The van der Waals surface area contributed by atoms with Gasteiger partial charge in [-0.15, -0.1) is 0 Å². The minimum Gasteiger partial charge on any atom is -0.481 e. The van der Waals surface area contributed by atoms with Gasteiger partial charge in [-0.3, -0.25) is 4.79 Å². The Labute approximate surface area is 139 Å². The molecular weight excluding hydrogens is 304 g/mol. The molecule has 4 nitrogen and oxygen atoms in total. The topological polar surface area (TPSA) is 52.6 Å². The predicted octanol–water partition coefficient (Wildman–Crippen LogP) is 4.03. The highest BCUT2D eigenvalue weighted by Gasteiger charge is 2.08. The van der Waals surface area contributed by atoms with Crippen LogP contribution >= 0.6 is 0 Å². The highest BCUT2D eigenvalue weighted by molar-refractivity contribution is 5.94. The van der Waals surface area contributed by atoms with E-state index in [4.69, 9.17) is 9.47 Å². The minimum atomic E-state index is -0.501. The van der Waals surface area contributed by atoms with E-state index in [-0.39, 0.29) is 12.4 Å². The summed E-state index contributed by atoms with van der Waals surface area (Å²) >= 11 is 0. The van der Waals surface area contributed by atoms with Crippen molar-refractivity contribution in [3.05, 3.63) is 72.3 Å². The van der Waals surface area contributed by atoms with Crippen LogP contribution in [0.5, 0.6) is 11.5 Å². The Morgan fingerprint density at radius 2 is 1.58 bits per heavy atom. The highest BCUT2D eigenvalue weighted by Crippen LogP contribution is 2.25. The fourth-order valence-corrected chi connectivity index (χ4v) is 2.38. The van der Waals surface area contributed by atoms with Crippen molar-refractivity contribution in [1.82, 2.24) is 0 Å². The van der Waals surface area contributed by atoms with E-state index in [1.165, 1.54) is 6.92 Å². The molecule has 0 saturated heterocycles. The van der Waals surface area contributed by atoms with E-state index in [0.29, 0.717) is 17.1 Å². The Morgan fingerprint density at radius 1 is 0.875 bits per heavy atom. The number of Topliss-reactive ketones (excluding diaryl/α,β-unsaturated/α-hetero) is 1. The Kier molecular flexibility index (Phi) is 4.57. The average molecular weight is 320 g/mol. The quantitative estimate of drug-likeness (QED) is 0.405. The summed E-state index contributed by atoms with van der Waals surface area (Å²) in [5.74, 6) is 0.481. The molecule has 0 aliphatic carbocycles. The maximum absolute atomic E-state index is 11.9. The van der Waals surface area contributed by atoms with Gasteiger partial charge in [0.2, 0.25) is 0 Å². The molecule has 3 aromatic rings. The van der Waals surface area contributed by atoms with Gasteiger partial charge in [0.05, 0.1) is 0 Å². The molecule has 0 aliphatic heterocycles. The minimum absolute atomic E-state index is 0.0350. The Hall–Kier alpha value is -3.14. The van der Waals surface area contributed by atoms with Crippen LogP contribution in [-0.4, -0.2) is 18.4 Å². The molecule has 0 aromatic heterocycles. The third-order valence-electron chi connectivity index (χ3n) is 3.59. The van der Waals surface area contributed by atoms with Crippen molar-refractivity contribution in [3.8, 4) is 11.5 Å². The normalized spacial score (nSPS) is 10.4. The fourth-order valence-electron chi connectivity index (χ4n) is 2.38. The Bertz CT molecular complexity index is 876. The van der Waals surface area contributed by atoms with Crippen LogP contribution in [0.2, 0.25) is 0 Å². The van der Waals surface area contributed by atoms with Crippen LogP contribution in [0, 0.1) is 0 Å². The molecule has 0 bridgehead atoms. The summed E-state index contributed by atoms with van der Waals surface area (Å²) in [4.78, 5) is 23.1. The van der Waals surface area contributed by atoms with E-state index < -0.39 is 5.97 Å². The molecule has 4 heteroatoms. The molecule has 0 heterocycles. The number of hydrogen-bond donors (Lipinski definition) is 0. The molecule has 0 N–H and O–H groups in total. The summed E-state index contributed by atoms with van der Waals surface area (Å²) in [6.07, 6.45) is 0. The highest BCUT2D eigenvalue weighted by atomic mass is 16.6. The number of carbonyl (C=O) groups excluding carboxylic acids is 2. The molecule has 0 saturated carbocycles. The number of fused-ring (bicyclic) bond motifs is 1. The number of benzene rings is 3. The number of hydrogen-bond acceptors (Lipinski definition) is 4. The number of ether oxygens (including phenoxy) is 2. The van der Waals surface area contributed by atoms with E-state index in [9.17, 15) is 9.59 Å². The van der Waals surface area contributed by atoms with Gasteiger partial charge >= 0.3 is 5.97 Å². The molecule has 120 valence electrons. The predicted molar refractivity (Wildman–Crippen MR) is 91.5 cm³/mol. The van der Waals surface area contributed by atoms with E-state index in [2.05, 4.69) is 0 Å². The molecule has 24 heavy (non-hydrogen) atoms. The summed E-state index contributed by atoms with van der Waals surface area (Å²) in [7, 11) is 0. The summed E-state index contributed by atoms with van der Waals surface area (Å²) in [6.45, 7) is 1.29. The number of esters is 1. The molecule has 0 fully saturated rings. The van der Waals surface area contributed by atoms with Crippen molar-refractivity contribution in [2.75, 3.05) is 6.61 Å². The second-order valence-corrected chi connectivity index (χ2v) is 5.32. The third-order valence-corrected chi connectivity index (χ3v) is 3.59. The van der Waals surface area contributed by atoms with E-state index in [0.717, 1.165) is 10.8 Å². The molecule has 3 rings (SSSR count). The largest absolute Gasteiger partial charge is 0.481 e. The molecule has 0 spiro atoms. The maximum Gasteiger partial charge on any atom is 0.349 e. The van der Waals surface area contributed by atoms with Crippen molar-refractivity contribution in [1.29, 1.82) is 0 Å². The van der Waals surface area contributed by atoms with Crippen LogP contribution in [0.15, 0.2) is 66.7 Å². The summed E-state index contributed by atoms with van der Waals surface area (Å²) in [6, 6.07) is 19.9. The van der Waals surface area contributed by atoms with Gasteiger partial charge in [-0.25, -0.2) is 4.79 Å². The lowest BCUT2D eigenvalue weighted by Gasteiger charge is -2.09. The van der Waals surface area contributed by atoms with E-state index in [1.54, 1.807) is 24.3 Å². The van der Waals surface area contributed by atoms with Crippen LogP contribution in [-0.2, 0) is 4.79 Å². The van der Waals surface area contributed by atoms with Gasteiger partial charge in [0, 0.05) is 10.9 Å². The van der Waals surface area contributed by atoms with Crippen LogP contribution in [0.3, 0.4) is 0 Å². The molecule has 0 aliphatic rings. The molecule has 0 unspecified atom stereocenters. The van der Waals surface area contributed by atoms with Gasteiger partial charge in [-0.05, 0) is 42.6 Å². The number of rotatable bonds is 5. The lowest BCUT2D eigenvalue weighted by Crippen LogP contribution is -2.17. The summed E-state index contributed by atoms with van der Waals surface area (Å²) in [5.41, 5.74) is 0.571. The zero-order chi connectivity index (χ0) is 16.9. The van der Waals surface area contributed by atoms with Gasteiger partial charge in [-0.1, -0.05) is 36.4 Å². The van der Waals surface area contributed by atoms with Crippen LogP contribution in [0.4, 0.5) is 0 Å². The molecule has 0 amide bonds. The first-order chi connectivity index (χ1) is 11.6. The number of carbonyl (C=O) groups is 2. The van der Waals surface area contributed by atoms with E-state index >= 15 is 0 Å². The molecule has 0 radical (unpaired) electrons. The van der Waals surface area contributed by atoms with Gasteiger partial charge in [0.25, 0.3) is 0 Å². The van der Waals surface area contributed by atoms with Gasteiger partial charge < -0.3 is 9.47 Å². The Balaban J connectivity index is 1.64. The molecule has 0 atom stereocenters. The summed E-state index contributed by atoms with van der Waals surface area (Å²) < 4.78 is 10.8. The second-order valence-electron chi connectivity index (χ2n) is 5.32. The lowest BCUT2D eigenvalue weighted by atomic mass is 10.1. The fraction of sp³-hybridized carbons (Fsp3) is 0.100. The van der Waals surface area contributed by atoms with Crippen molar-refractivity contribution < 1.29 is 19.1 Å². The van der Waals surface area contributed by atoms with Gasteiger partial charge in [0.15, 0.2) is 12.4 Å². The van der Waals surface area contributed by atoms with Crippen molar-refractivity contribution in [2.45, 2.75) is 6.92 Å².